The number of anilines is 1. The van der Waals surface area contributed by atoms with Gasteiger partial charge < -0.3 is 15.8 Å². The number of rotatable bonds is 4. The molecule has 1 aliphatic rings. The zero-order chi connectivity index (χ0) is 15.4. The van der Waals surface area contributed by atoms with Crippen molar-refractivity contribution >= 4 is 33.6 Å². The van der Waals surface area contributed by atoms with Gasteiger partial charge in [-0.1, -0.05) is 0 Å². The molecule has 114 valence electrons. The summed E-state index contributed by atoms with van der Waals surface area (Å²) in [4.78, 5) is 29.3. The van der Waals surface area contributed by atoms with Crippen molar-refractivity contribution in [3.05, 3.63) is 22.8 Å². The third-order valence-electron chi connectivity index (χ3n) is 3.23. The van der Waals surface area contributed by atoms with Crippen molar-refractivity contribution in [1.29, 1.82) is 0 Å². The molecular weight excluding hydrogens is 340 g/mol. The van der Waals surface area contributed by atoms with Crippen LogP contribution in [-0.4, -0.2) is 53.5 Å². The predicted octanol–water partition coefficient (Wildman–Crippen LogP) is 0.357. The Labute approximate surface area is 131 Å². The van der Waals surface area contributed by atoms with Gasteiger partial charge in [-0.2, -0.15) is 0 Å². The third-order valence-corrected chi connectivity index (χ3v) is 3.70. The number of hydrogen-bond donors (Lipinski definition) is 2. The fraction of sp³-hybridized carbons (Fsp3) is 0.462. The summed E-state index contributed by atoms with van der Waals surface area (Å²) in [7, 11) is 0. The van der Waals surface area contributed by atoms with Crippen LogP contribution in [0.25, 0.3) is 0 Å². The second kappa shape index (κ2) is 6.97. The van der Waals surface area contributed by atoms with Crippen LogP contribution in [0.4, 0.5) is 5.82 Å². The van der Waals surface area contributed by atoms with Crippen molar-refractivity contribution in [1.82, 2.24) is 9.88 Å². The molecule has 8 heteroatoms. The number of primary amides is 1. The zero-order valence-corrected chi connectivity index (χ0v) is 13.2. The monoisotopic (exact) mass is 356 g/mol. The molecule has 1 aromatic heterocycles. The molecule has 0 bridgehead atoms. The first-order chi connectivity index (χ1) is 9.97. The first kappa shape index (κ1) is 15.9. The smallest absolute Gasteiger partial charge is 0.239 e. The molecule has 0 unspecified atom stereocenters. The lowest BCUT2D eigenvalue weighted by molar-refractivity contribution is -0.137. The van der Waals surface area contributed by atoms with E-state index >= 15 is 0 Å². The van der Waals surface area contributed by atoms with Gasteiger partial charge >= 0.3 is 0 Å². The number of pyridine rings is 1. The average Bonchev–Trinajstić information content (AvgIpc) is 2.41. The highest BCUT2D eigenvalue weighted by atomic mass is 79.9. The molecule has 0 saturated carbocycles. The molecule has 2 amide bonds. The molecule has 3 N–H and O–H groups in total. The molecule has 21 heavy (non-hydrogen) atoms. The second-order valence-electron chi connectivity index (χ2n) is 4.80. The van der Waals surface area contributed by atoms with E-state index in [2.05, 4.69) is 26.2 Å². The van der Waals surface area contributed by atoms with Crippen molar-refractivity contribution in [3.8, 4) is 0 Å². The van der Waals surface area contributed by atoms with E-state index in [1.807, 2.05) is 0 Å². The van der Waals surface area contributed by atoms with Gasteiger partial charge in [-0.25, -0.2) is 4.98 Å². The molecule has 1 fully saturated rings. The van der Waals surface area contributed by atoms with Gasteiger partial charge in [0.25, 0.3) is 0 Å². The number of morpholine rings is 1. The van der Waals surface area contributed by atoms with Crippen LogP contribution in [0.5, 0.6) is 0 Å². The van der Waals surface area contributed by atoms with Crippen LogP contribution in [0.2, 0.25) is 0 Å². The van der Waals surface area contributed by atoms with E-state index in [9.17, 15) is 9.59 Å². The van der Waals surface area contributed by atoms with Crippen molar-refractivity contribution in [3.63, 3.8) is 0 Å². The van der Waals surface area contributed by atoms with E-state index in [0.29, 0.717) is 19.0 Å². The molecule has 2 rings (SSSR count). The Kier molecular flexibility index (Phi) is 5.27. The Balaban J connectivity index is 1.97. The summed E-state index contributed by atoms with van der Waals surface area (Å²) in [5.41, 5.74) is 5.38. The molecule has 1 aliphatic heterocycles. The number of nitrogens with two attached hydrogens (primary N) is 1. The van der Waals surface area contributed by atoms with E-state index in [1.54, 1.807) is 30.2 Å². The number of carbonyl (C=O) groups is 2. The molecule has 2 atom stereocenters. The summed E-state index contributed by atoms with van der Waals surface area (Å²) in [5.74, 6) is -0.276. The number of aromatic nitrogens is 1. The third kappa shape index (κ3) is 4.23. The quantitative estimate of drug-likeness (QED) is 0.811. The van der Waals surface area contributed by atoms with E-state index in [4.69, 9.17) is 10.5 Å². The van der Waals surface area contributed by atoms with Crippen LogP contribution in [0.15, 0.2) is 22.8 Å². The number of carbonyl (C=O) groups excluding carboxylic acids is 2. The fourth-order valence-corrected chi connectivity index (χ4v) is 2.52. The molecule has 0 aromatic carbocycles. The second-order valence-corrected chi connectivity index (χ2v) is 5.72. The summed E-state index contributed by atoms with van der Waals surface area (Å²) < 4.78 is 6.23. The summed E-state index contributed by atoms with van der Waals surface area (Å²) in [6, 6.07) is 2.88. The molecule has 1 aromatic rings. The molecule has 0 radical (unpaired) electrons. The van der Waals surface area contributed by atoms with E-state index in [1.165, 1.54) is 0 Å². The largest absolute Gasteiger partial charge is 0.375 e. The first-order valence-electron chi connectivity index (χ1n) is 6.54. The van der Waals surface area contributed by atoms with E-state index in [-0.39, 0.29) is 18.6 Å². The van der Waals surface area contributed by atoms with Gasteiger partial charge in [0, 0.05) is 17.2 Å². The Hall–Kier alpha value is -1.51. The van der Waals surface area contributed by atoms with Gasteiger partial charge in [-0.3, -0.25) is 14.5 Å². The molecule has 1 saturated heterocycles. The number of ether oxygens (including phenoxy) is 1. The lowest BCUT2D eigenvalue weighted by Gasteiger charge is -2.37. The molecule has 7 nitrogen and oxygen atoms in total. The SMILES string of the molecule is C[C@H]1OCCN(CC(=O)Nc2ccc(Br)cn2)[C@@H]1C(N)=O. The summed E-state index contributed by atoms with van der Waals surface area (Å²) in [6.07, 6.45) is 1.27. The Bertz CT molecular complexity index is 523. The Morgan fingerprint density at radius 3 is 2.95 bits per heavy atom. The van der Waals surface area contributed by atoms with Crippen molar-refractivity contribution in [2.24, 2.45) is 5.73 Å². The lowest BCUT2D eigenvalue weighted by atomic mass is 10.1. The predicted molar refractivity (Wildman–Crippen MR) is 80.5 cm³/mol. The molecule has 0 spiro atoms. The maximum atomic E-state index is 12.0. The number of halogens is 1. The van der Waals surface area contributed by atoms with E-state index in [0.717, 1.165) is 4.47 Å². The fourth-order valence-electron chi connectivity index (χ4n) is 2.29. The lowest BCUT2D eigenvalue weighted by Crippen LogP contribution is -2.58. The van der Waals surface area contributed by atoms with Crippen LogP contribution >= 0.6 is 15.9 Å². The Morgan fingerprint density at radius 1 is 1.57 bits per heavy atom. The topological polar surface area (TPSA) is 97.6 Å². The van der Waals surface area contributed by atoms with Gasteiger partial charge in [0.2, 0.25) is 11.8 Å². The average molecular weight is 357 g/mol. The molecule has 2 heterocycles. The standard InChI is InChI=1S/C13H17BrN4O3/c1-8-12(13(15)20)18(4-5-21-8)7-11(19)17-10-3-2-9(14)6-16-10/h2-3,6,8,12H,4-5,7H2,1H3,(H2,15,20)(H,16,17,19)/t8-,12+/m1/s1. The Morgan fingerprint density at radius 2 is 2.33 bits per heavy atom. The maximum absolute atomic E-state index is 12.0. The van der Waals surface area contributed by atoms with Gasteiger partial charge in [0.15, 0.2) is 0 Å². The van der Waals surface area contributed by atoms with Crippen LogP contribution in [-0.2, 0) is 14.3 Å². The highest BCUT2D eigenvalue weighted by Crippen LogP contribution is 2.14. The van der Waals surface area contributed by atoms with Crippen LogP contribution < -0.4 is 11.1 Å². The van der Waals surface area contributed by atoms with Crippen molar-refractivity contribution in [2.75, 3.05) is 25.0 Å². The summed E-state index contributed by atoms with van der Waals surface area (Å²) in [5, 5.41) is 2.69. The normalized spacial score (nSPS) is 22.8. The minimum Gasteiger partial charge on any atom is -0.375 e. The number of amides is 2. The minimum absolute atomic E-state index is 0.0685. The number of nitrogens with one attached hydrogen (secondary N) is 1. The van der Waals surface area contributed by atoms with Gasteiger partial charge in [-0.05, 0) is 35.0 Å². The first-order valence-corrected chi connectivity index (χ1v) is 7.33. The van der Waals surface area contributed by atoms with Crippen LogP contribution in [0.3, 0.4) is 0 Å². The zero-order valence-electron chi connectivity index (χ0n) is 11.6. The molecular formula is C13H17BrN4O3. The van der Waals surface area contributed by atoms with Crippen LogP contribution in [0, 0.1) is 0 Å². The summed E-state index contributed by atoms with van der Waals surface area (Å²) in [6.45, 7) is 2.79. The number of hydrogen-bond acceptors (Lipinski definition) is 5. The van der Waals surface area contributed by atoms with Crippen molar-refractivity contribution < 1.29 is 14.3 Å². The van der Waals surface area contributed by atoms with Gasteiger partial charge in [0.05, 0.1) is 19.3 Å². The molecule has 0 aliphatic carbocycles. The van der Waals surface area contributed by atoms with E-state index < -0.39 is 11.9 Å². The van der Waals surface area contributed by atoms with Gasteiger partial charge in [0.1, 0.15) is 11.9 Å². The number of nitrogens with zero attached hydrogens (tertiary/aromatic N) is 2. The van der Waals surface area contributed by atoms with Gasteiger partial charge in [-0.15, -0.1) is 0 Å². The highest BCUT2D eigenvalue weighted by molar-refractivity contribution is 9.10. The maximum Gasteiger partial charge on any atom is 0.239 e. The summed E-state index contributed by atoms with van der Waals surface area (Å²) >= 11 is 3.27. The van der Waals surface area contributed by atoms with Crippen molar-refractivity contribution in [2.45, 2.75) is 19.1 Å². The van der Waals surface area contributed by atoms with Crippen LogP contribution in [0.1, 0.15) is 6.92 Å². The minimum atomic E-state index is -0.595. The highest BCUT2D eigenvalue weighted by Gasteiger charge is 2.34.